The normalized spacial score (nSPS) is 10.8. The van der Waals surface area contributed by atoms with Crippen LogP contribution in [0, 0.1) is 13.8 Å². The number of para-hydroxylation sites is 1. The molecular formula is C20H21N3O2. The summed E-state index contributed by atoms with van der Waals surface area (Å²) in [7, 11) is 0. The molecule has 0 aliphatic rings. The van der Waals surface area contributed by atoms with Gasteiger partial charge in [-0.25, -0.2) is 4.98 Å². The van der Waals surface area contributed by atoms with Crippen molar-refractivity contribution in [2.75, 3.05) is 0 Å². The van der Waals surface area contributed by atoms with Gasteiger partial charge in [0.15, 0.2) is 0 Å². The van der Waals surface area contributed by atoms with Crippen molar-refractivity contribution in [3.8, 4) is 0 Å². The molecule has 0 spiro atoms. The van der Waals surface area contributed by atoms with Crippen molar-refractivity contribution in [3.63, 3.8) is 0 Å². The molecule has 5 nitrogen and oxygen atoms in total. The molecule has 0 aliphatic carbocycles. The first-order chi connectivity index (χ1) is 12.0. The van der Waals surface area contributed by atoms with Crippen LogP contribution in [0.1, 0.15) is 28.9 Å². The summed E-state index contributed by atoms with van der Waals surface area (Å²) in [5, 5.41) is 3.48. The lowest BCUT2D eigenvalue weighted by Crippen LogP contribution is -2.24. The van der Waals surface area contributed by atoms with Crippen LogP contribution >= 0.6 is 0 Å². The number of carbonyl (C=O) groups is 1. The Morgan fingerprint density at radius 2 is 1.96 bits per heavy atom. The van der Waals surface area contributed by atoms with E-state index in [1.165, 1.54) is 11.1 Å². The lowest BCUT2D eigenvalue weighted by Gasteiger charge is -2.09. The van der Waals surface area contributed by atoms with Gasteiger partial charge in [-0.1, -0.05) is 35.9 Å². The molecule has 5 heteroatoms. The van der Waals surface area contributed by atoms with Gasteiger partial charge < -0.3 is 10.3 Å². The number of aromatic nitrogens is 2. The summed E-state index contributed by atoms with van der Waals surface area (Å²) in [4.78, 5) is 31.3. The highest BCUT2D eigenvalue weighted by atomic mass is 16.1. The Kier molecular flexibility index (Phi) is 4.93. The number of aryl methyl sites for hydroxylation is 3. The van der Waals surface area contributed by atoms with E-state index in [9.17, 15) is 9.59 Å². The number of carbonyl (C=O) groups excluding carboxylic acids is 1. The van der Waals surface area contributed by atoms with Gasteiger partial charge in [-0.15, -0.1) is 0 Å². The van der Waals surface area contributed by atoms with Crippen molar-refractivity contribution in [2.45, 2.75) is 33.2 Å². The number of nitrogens with one attached hydrogen (secondary N) is 2. The number of hydrogen-bond acceptors (Lipinski definition) is 3. The van der Waals surface area contributed by atoms with E-state index in [0.717, 1.165) is 5.56 Å². The van der Waals surface area contributed by atoms with Crippen LogP contribution in [0.2, 0.25) is 0 Å². The Morgan fingerprint density at radius 3 is 2.76 bits per heavy atom. The van der Waals surface area contributed by atoms with Gasteiger partial charge in [0.25, 0.3) is 5.56 Å². The van der Waals surface area contributed by atoms with E-state index < -0.39 is 0 Å². The van der Waals surface area contributed by atoms with Crippen LogP contribution in [0.4, 0.5) is 0 Å². The Bertz CT molecular complexity index is 976. The van der Waals surface area contributed by atoms with E-state index >= 15 is 0 Å². The van der Waals surface area contributed by atoms with E-state index in [4.69, 9.17) is 0 Å². The predicted octanol–water partition coefficient (Wildman–Crippen LogP) is 2.79. The molecule has 128 valence electrons. The van der Waals surface area contributed by atoms with Crippen LogP contribution in [0.25, 0.3) is 10.9 Å². The van der Waals surface area contributed by atoms with Crippen LogP contribution < -0.4 is 10.9 Å². The second kappa shape index (κ2) is 7.30. The monoisotopic (exact) mass is 335 g/mol. The minimum Gasteiger partial charge on any atom is -0.352 e. The molecule has 0 radical (unpaired) electrons. The van der Waals surface area contributed by atoms with Gasteiger partial charge in [0.05, 0.1) is 10.9 Å². The van der Waals surface area contributed by atoms with Crippen LogP contribution in [-0.4, -0.2) is 15.9 Å². The molecule has 0 aliphatic heterocycles. The first-order valence-corrected chi connectivity index (χ1v) is 8.34. The van der Waals surface area contributed by atoms with Gasteiger partial charge in [-0.05, 0) is 37.1 Å². The third kappa shape index (κ3) is 4.12. The summed E-state index contributed by atoms with van der Waals surface area (Å²) >= 11 is 0. The molecule has 2 N–H and O–H groups in total. The fraction of sp³-hybridized carbons (Fsp3) is 0.250. The van der Waals surface area contributed by atoms with Gasteiger partial charge in [-0.3, -0.25) is 9.59 Å². The largest absolute Gasteiger partial charge is 0.352 e. The molecule has 25 heavy (non-hydrogen) atoms. The van der Waals surface area contributed by atoms with Crippen molar-refractivity contribution in [1.29, 1.82) is 0 Å². The van der Waals surface area contributed by atoms with E-state index in [2.05, 4.69) is 21.4 Å². The maximum atomic E-state index is 12.1. The highest BCUT2D eigenvalue weighted by Crippen LogP contribution is 2.10. The van der Waals surface area contributed by atoms with Crippen LogP contribution in [0.5, 0.6) is 0 Å². The van der Waals surface area contributed by atoms with Crippen LogP contribution in [0.3, 0.4) is 0 Å². The molecule has 0 unspecified atom stereocenters. The number of hydrogen-bond donors (Lipinski definition) is 2. The molecule has 0 fully saturated rings. The summed E-state index contributed by atoms with van der Waals surface area (Å²) < 4.78 is 0. The first-order valence-electron chi connectivity index (χ1n) is 8.34. The highest BCUT2D eigenvalue weighted by Gasteiger charge is 2.07. The molecule has 0 bridgehead atoms. The topological polar surface area (TPSA) is 74.8 Å². The van der Waals surface area contributed by atoms with E-state index in [1.54, 1.807) is 18.2 Å². The van der Waals surface area contributed by atoms with Gasteiger partial charge in [0.2, 0.25) is 5.91 Å². The molecule has 0 saturated carbocycles. The minimum absolute atomic E-state index is 0.0595. The first kappa shape index (κ1) is 16.9. The smallest absolute Gasteiger partial charge is 0.258 e. The van der Waals surface area contributed by atoms with Crippen LogP contribution in [0.15, 0.2) is 47.3 Å². The third-order valence-corrected chi connectivity index (χ3v) is 4.22. The molecule has 3 rings (SSSR count). The van der Waals surface area contributed by atoms with Gasteiger partial charge >= 0.3 is 0 Å². The summed E-state index contributed by atoms with van der Waals surface area (Å²) in [5.41, 5.74) is 3.96. The van der Waals surface area contributed by atoms with Crippen LogP contribution in [-0.2, 0) is 17.8 Å². The average molecular weight is 335 g/mol. The average Bonchev–Trinajstić information content (AvgIpc) is 2.59. The molecule has 3 aromatic rings. The van der Waals surface area contributed by atoms with Gasteiger partial charge in [-0.2, -0.15) is 0 Å². The fourth-order valence-electron chi connectivity index (χ4n) is 2.81. The summed E-state index contributed by atoms with van der Waals surface area (Å²) in [6.45, 7) is 4.59. The number of H-pyrrole nitrogens is 1. The second-order valence-electron chi connectivity index (χ2n) is 6.24. The zero-order valence-corrected chi connectivity index (χ0v) is 14.4. The molecule has 2 aromatic carbocycles. The molecule has 1 heterocycles. The summed E-state index contributed by atoms with van der Waals surface area (Å²) in [5.74, 6) is 0.473. The zero-order chi connectivity index (χ0) is 17.8. The minimum atomic E-state index is -0.170. The van der Waals surface area contributed by atoms with Crippen molar-refractivity contribution in [1.82, 2.24) is 15.3 Å². The number of benzene rings is 2. The fourth-order valence-corrected chi connectivity index (χ4v) is 2.81. The Balaban J connectivity index is 1.60. The lowest BCUT2D eigenvalue weighted by atomic mass is 10.1. The number of amides is 1. The Labute approximate surface area is 146 Å². The predicted molar refractivity (Wildman–Crippen MR) is 98.4 cm³/mol. The van der Waals surface area contributed by atoms with Crippen molar-refractivity contribution < 1.29 is 4.79 Å². The van der Waals surface area contributed by atoms with E-state index in [0.29, 0.717) is 29.7 Å². The van der Waals surface area contributed by atoms with E-state index in [1.807, 2.05) is 32.0 Å². The van der Waals surface area contributed by atoms with Gasteiger partial charge in [0, 0.05) is 19.4 Å². The summed E-state index contributed by atoms with van der Waals surface area (Å²) in [6, 6.07) is 13.4. The molecule has 0 atom stereocenters. The van der Waals surface area contributed by atoms with E-state index in [-0.39, 0.29) is 17.9 Å². The zero-order valence-electron chi connectivity index (χ0n) is 14.4. The van der Waals surface area contributed by atoms with Crippen molar-refractivity contribution in [2.24, 2.45) is 0 Å². The number of fused-ring (bicyclic) bond motifs is 1. The Hall–Kier alpha value is -2.95. The quantitative estimate of drug-likeness (QED) is 0.753. The molecule has 1 aromatic heterocycles. The third-order valence-electron chi connectivity index (χ3n) is 4.22. The Morgan fingerprint density at radius 1 is 1.16 bits per heavy atom. The lowest BCUT2D eigenvalue weighted by molar-refractivity contribution is -0.121. The highest BCUT2D eigenvalue weighted by molar-refractivity contribution is 5.78. The number of aromatic amines is 1. The number of nitrogens with zero attached hydrogens (tertiary/aromatic N) is 1. The second-order valence-corrected chi connectivity index (χ2v) is 6.24. The molecule has 1 amide bonds. The number of rotatable bonds is 5. The standard InChI is InChI=1S/C20H21N3O2/c1-13-7-8-15(14(2)11-13)12-21-19(24)10-9-18-22-17-6-4-3-5-16(17)20(25)23-18/h3-8,11H,9-10,12H2,1-2H3,(H,21,24)(H,22,23,25). The maximum absolute atomic E-state index is 12.1. The summed E-state index contributed by atoms with van der Waals surface area (Å²) in [6.07, 6.45) is 0.685. The van der Waals surface area contributed by atoms with Gasteiger partial charge in [0.1, 0.15) is 5.82 Å². The SMILES string of the molecule is Cc1ccc(CNC(=O)CCc2nc3ccccc3c(=O)[nH]2)c(C)c1. The van der Waals surface area contributed by atoms with Crippen molar-refractivity contribution in [3.05, 3.63) is 75.3 Å². The maximum Gasteiger partial charge on any atom is 0.258 e. The molecule has 0 saturated heterocycles. The molecular weight excluding hydrogens is 314 g/mol. The van der Waals surface area contributed by atoms with Crippen molar-refractivity contribution >= 4 is 16.8 Å².